The van der Waals surface area contributed by atoms with Crippen LogP contribution in [0.25, 0.3) is 5.69 Å². The third-order valence-corrected chi connectivity index (χ3v) is 4.24. The number of carbonyl (C=O) groups excluding carboxylic acids is 2. The molecule has 0 radical (unpaired) electrons. The highest BCUT2D eigenvalue weighted by Crippen LogP contribution is 2.14. The predicted octanol–water partition coefficient (Wildman–Crippen LogP) is 3.01. The molecule has 0 aliphatic rings. The molecule has 0 spiro atoms. The number of amides is 2. The van der Waals surface area contributed by atoms with E-state index in [4.69, 9.17) is 0 Å². The van der Waals surface area contributed by atoms with Crippen molar-refractivity contribution in [3.63, 3.8) is 0 Å². The molecule has 28 heavy (non-hydrogen) atoms. The Kier molecular flexibility index (Phi) is 6.16. The van der Waals surface area contributed by atoms with Crippen molar-refractivity contribution in [2.24, 2.45) is 0 Å². The van der Waals surface area contributed by atoms with Gasteiger partial charge in [0.15, 0.2) is 0 Å². The average Bonchev–Trinajstić information content (AvgIpc) is 3.19. The molecule has 1 aromatic heterocycles. The summed E-state index contributed by atoms with van der Waals surface area (Å²) in [5.74, 6) is -0.926. The second-order valence-electron chi connectivity index (χ2n) is 6.36. The van der Waals surface area contributed by atoms with E-state index < -0.39 is 5.82 Å². The van der Waals surface area contributed by atoms with Crippen molar-refractivity contribution in [2.75, 3.05) is 6.54 Å². The van der Waals surface area contributed by atoms with Gasteiger partial charge in [0.25, 0.3) is 5.91 Å². The number of nitrogens with one attached hydrogen (secondary N) is 2. The number of para-hydroxylation sites is 1. The molecule has 2 amide bonds. The summed E-state index contributed by atoms with van der Waals surface area (Å²) in [5, 5.41) is 9.86. The number of nitrogens with zero attached hydrogens (tertiary/aromatic N) is 2. The molecule has 3 rings (SSSR count). The molecule has 0 aliphatic carbocycles. The van der Waals surface area contributed by atoms with Gasteiger partial charge in [-0.3, -0.25) is 9.59 Å². The molecule has 6 nitrogen and oxygen atoms in total. The van der Waals surface area contributed by atoms with Crippen LogP contribution in [-0.4, -0.2) is 28.1 Å². The molecule has 0 unspecified atom stereocenters. The maximum absolute atomic E-state index is 12.9. The van der Waals surface area contributed by atoms with Crippen LogP contribution in [0.3, 0.4) is 0 Å². The Balaban J connectivity index is 1.46. The fraction of sp³-hybridized carbons (Fsp3) is 0.190. The van der Waals surface area contributed by atoms with Crippen molar-refractivity contribution < 1.29 is 14.0 Å². The molecule has 1 atom stereocenters. The minimum absolute atomic E-state index is 0.143. The molecule has 3 aromatic rings. The van der Waals surface area contributed by atoms with E-state index in [0.29, 0.717) is 5.56 Å². The number of carbonyl (C=O) groups is 2. The number of rotatable bonds is 7. The standard InChI is InChI=1S/C21H21FN4O2/c1-15(17-13-24-26(14-17)19-5-3-2-4-6-19)25-20(27)11-12-23-21(28)16-7-9-18(22)10-8-16/h2-10,13-15H,11-12H2,1H3,(H,23,28)(H,25,27)/t15-/m0/s1. The Bertz CT molecular complexity index is 939. The van der Waals surface area contributed by atoms with Crippen LogP contribution < -0.4 is 10.6 Å². The van der Waals surface area contributed by atoms with Crippen molar-refractivity contribution in [3.05, 3.63) is 83.9 Å². The van der Waals surface area contributed by atoms with Crippen molar-refractivity contribution in [1.82, 2.24) is 20.4 Å². The van der Waals surface area contributed by atoms with E-state index in [2.05, 4.69) is 15.7 Å². The van der Waals surface area contributed by atoms with Crippen LogP contribution in [-0.2, 0) is 4.79 Å². The van der Waals surface area contributed by atoms with Gasteiger partial charge in [-0.25, -0.2) is 9.07 Å². The first-order chi connectivity index (χ1) is 13.5. The van der Waals surface area contributed by atoms with E-state index in [-0.39, 0.29) is 30.8 Å². The average molecular weight is 380 g/mol. The smallest absolute Gasteiger partial charge is 0.251 e. The maximum Gasteiger partial charge on any atom is 0.251 e. The van der Waals surface area contributed by atoms with Gasteiger partial charge in [0.2, 0.25) is 5.91 Å². The summed E-state index contributed by atoms with van der Waals surface area (Å²) in [7, 11) is 0. The molecule has 0 aliphatic heterocycles. The van der Waals surface area contributed by atoms with Gasteiger partial charge >= 0.3 is 0 Å². The second kappa shape index (κ2) is 8.94. The maximum atomic E-state index is 12.9. The van der Waals surface area contributed by atoms with Gasteiger partial charge < -0.3 is 10.6 Å². The summed E-state index contributed by atoms with van der Waals surface area (Å²) in [6.07, 6.45) is 3.73. The predicted molar refractivity (Wildman–Crippen MR) is 103 cm³/mol. The lowest BCUT2D eigenvalue weighted by Crippen LogP contribution is -2.32. The van der Waals surface area contributed by atoms with Crippen LogP contribution in [0.5, 0.6) is 0 Å². The number of halogens is 1. The first-order valence-corrected chi connectivity index (χ1v) is 8.96. The van der Waals surface area contributed by atoms with Gasteiger partial charge in [0.05, 0.1) is 17.9 Å². The van der Waals surface area contributed by atoms with Crippen molar-refractivity contribution >= 4 is 11.8 Å². The summed E-state index contributed by atoms with van der Waals surface area (Å²) < 4.78 is 14.6. The van der Waals surface area contributed by atoms with Gasteiger partial charge in [-0.15, -0.1) is 0 Å². The first kappa shape index (κ1) is 19.3. The van der Waals surface area contributed by atoms with Crippen molar-refractivity contribution in [3.8, 4) is 5.69 Å². The van der Waals surface area contributed by atoms with Crippen LogP contribution in [0.4, 0.5) is 4.39 Å². The molecule has 0 saturated carbocycles. The second-order valence-corrected chi connectivity index (χ2v) is 6.36. The highest BCUT2D eigenvalue weighted by atomic mass is 19.1. The van der Waals surface area contributed by atoms with Crippen LogP contribution in [0.2, 0.25) is 0 Å². The molecule has 0 saturated heterocycles. The fourth-order valence-electron chi connectivity index (χ4n) is 2.67. The van der Waals surface area contributed by atoms with Gasteiger partial charge in [-0.2, -0.15) is 5.10 Å². The highest BCUT2D eigenvalue weighted by molar-refractivity contribution is 5.94. The van der Waals surface area contributed by atoms with Crippen LogP contribution in [0, 0.1) is 5.82 Å². The van der Waals surface area contributed by atoms with E-state index in [9.17, 15) is 14.0 Å². The number of aromatic nitrogens is 2. The van der Waals surface area contributed by atoms with Gasteiger partial charge in [0.1, 0.15) is 5.82 Å². The molecule has 1 heterocycles. The fourth-order valence-corrected chi connectivity index (χ4v) is 2.67. The van der Waals surface area contributed by atoms with E-state index in [1.54, 1.807) is 10.9 Å². The Morgan fingerprint density at radius 1 is 1.11 bits per heavy atom. The molecule has 144 valence electrons. The van der Waals surface area contributed by atoms with Crippen LogP contribution in [0.15, 0.2) is 67.0 Å². The van der Waals surface area contributed by atoms with E-state index in [1.807, 2.05) is 43.5 Å². The first-order valence-electron chi connectivity index (χ1n) is 8.96. The minimum atomic E-state index is -0.402. The Hall–Kier alpha value is -3.48. The zero-order chi connectivity index (χ0) is 19.9. The van der Waals surface area contributed by atoms with Gasteiger partial charge in [-0.05, 0) is 43.3 Å². The van der Waals surface area contributed by atoms with E-state index >= 15 is 0 Å². The molecular formula is C21H21FN4O2. The molecular weight excluding hydrogens is 359 g/mol. The van der Waals surface area contributed by atoms with Gasteiger partial charge in [-0.1, -0.05) is 18.2 Å². The summed E-state index contributed by atoms with van der Waals surface area (Å²) in [5.41, 5.74) is 2.17. The number of hydrogen-bond donors (Lipinski definition) is 2. The Morgan fingerprint density at radius 2 is 1.82 bits per heavy atom. The molecule has 0 fully saturated rings. The quantitative estimate of drug-likeness (QED) is 0.662. The summed E-state index contributed by atoms with van der Waals surface area (Å²) in [6, 6.07) is 14.7. The van der Waals surface area contributed by atoms with Gasteiger partial charge in [0, 0.05) is 30.3 Å². The summed E-state index contributed by atoms with van der Waals surface area (Å²) in [4.78, 5) is 24.1. The number of hydrogen-bond acceptors (Lipinski definition) is 3. The lowest BCUT2D eigenvalue weighted by molar-refractivity contribution is -0.121. The monoisotopic (exact) mass is 380 g/mol. The molecule has 2 N–H and O–H groups in total. The minimum Gasteiger partial charge on any atom is -0.352 e. The zero-order valence-electron chi connectivity index (χ0n) is 15.4. The largest absolute Gasteiger partial charge is 0.352 e. The SMILES string of the molecule is C[C@H](NC(=O)CCNC(=O)c1ccc(F)cc1)c1cnn(-c2ccccc2)c1. The van der Waals surface area contributed by atoms with E-state index in [1.165, 1.54) is 24.3 Å². The Morgan fingerprint density at radius 3 is 2.54 bits per heavy atom. The van der Waals surface area contributed by atoms with Crippen molar-refractivity contribution in [1.29, 1.82) is 0 Å². The molecule has 2 aromatic carbocycles. The Labute approximate surface area is 162 Å². The van der Waals surface area contributed by atoms with Crippen molar-refractivity contribution in [2.45, 2.75) is 19.4 Å². The zero-order valence-corrected chi connectivity index (χ0v) is 15.4. The lowest BCUT2D eigenvalue weighted by atomic mass is 10.2. The van der Waals surface area contributed by atoms with E-state index in [0.717, 1.165) is 11.3 Å². The van der Waals surface area contributed by atoms with Crippen LogP contribution in [0.1, 0.15) is 35.3 Å². The third kappa shape index (κ3) is 5.03. The topological polar surface area (TPSA) is 76.0 Å². The lowest BCUT2D eigenvalue weighted by Gasteiger charge is -2.12. The molecule has 7 heteroatoms. The number of benzene rings is 2. The summed E-state index contributed by atoms with van der Waals surface area (Å²) >= 11 is 0. The highest BCUT2D eigenvalue weighted by Gasteiger charge is 2.13. The summed E-state index contributed by atoms with van der Waals surface area (Å²) in [6.45, 7) is 2.07. The molecule has 0 bridgehead atoms. The van der Waals surface area contributed by atoms with Crippen LogP contribution >= 0.6 is 0 Å². The normalized spacial score (nSPS) is 11.6. The third-order valence-electron chi connectivity index (χ3n) is 4.24.